The van der Waals surface area contributed by atoms with Crippen molar-refractivity contribution >= 4 is 0 Å². The summed E-state index contributed by atoms with van der Waals surface area (Å²) in [6, 6.07) is 10.4. The Morgan fingerprint density at radius 1 is 1.16 bits per heavy atom. The van der Waals surface area contributed by atoms with Gasteiger partial charge < -0.3 is 14.8 Å². The molecule has 1 aliphatic heterocycles. The molecule has 0 amide bonds. The van der Waals surface area contributed by atoms with E-state index in [2.05, 4.69) is 43.4 Å². The van der Waals surface area contributed by atoms with Crippen LogP contribution in [0.4, 0.5) is 0 Å². The molecule has 1 aromatic carbocycles. The summed E-state index contributed by atoms with van der Waals surface area (Å²) in [5.74, 6) is 0. The minimum atomic E-state index is 0.325. The molecule has 1 saturated heterocycles. The fourth-order valence-electron chi connectivity index (χ4n) is 2.61. The zero-order chi connectivity index (χ0) is 13.5. The maximum Gasteiger partial charge on any atom is 0.0625 e. The quantitative estimate of drug-likeness (QED) is 0.801. The van der Waals surface area contributed by atoms with E-state index in [-0.39, 0.29) is 0 Å². The van der Waals surface area contributed by atoms with Gasteiger partial charge in [0.1, 0.15) is 0 Å². The molecule has 1 aromatic rings. The van der Waals surface area contributed by atoms with Crippen LogP contribution in [0.25, 0.3) is 0 Å². The highest BCUT2D eigenvalue weighted by Crippen LogP contribution is 2.21. The first-order valence-corrected chi connectivity index (χ1v) is 7.25. The highest BCUT2D eigenvalue weighted by Gasteiger charge is 2.24. The number of benzene rings is 1. The minimum Gasteiger partial charge on any atom is -0.377 e. The molecule has 3 heteroatoms. The number of ether oxygens (including phenoxy) is 2. The van der Waals surface area contributed by atoms with Crippen LogP contribution in [-0.2, 0) is 16.0 Å². The Labute approximate surface area is 116 Å². The van der Waals surface area contributed by atoms with Crippen molar-refractivity contribution in [3.63, 3.8) is 0 Å². The van der Waals surface area contributed by atoms with Gasteiger partial charge in [0.2, 0.25) is 0 Å². The predicted octanol–water partition coefficient (Wildman–Crippen LogP) is 2.75. The topological polar surface area (TPSA) is 30.5 Å². The summed E-state index contributed by atoms with van der Waals surface area (Å²) in [5, 5.41) is 3.41. The van der Waals surface area contributed by atoms with Gasteiger partial charge in [-0.3, -0.25) is 0 Å². The molecular formula is C16H25NO2. The lowest BCUT2D eigenvalue weighted by Crippen LogP contribution is -2.35. The SMILES string of the molecule is CC1CC(OCCNCc2ccccc2)CC(C)O1. The average Bonchev–Trinajstić information content (AvgIpc) is 2.38. The molecule has 2 atom stereocenters. The zero-order valence-corrected chi connectivity index (χ0v) is 12.0. The molecule has 1 N–H and O–H groups in total. The van der Waals surface area contributed by atoms with Crippen molar-refractivity contribution in [3.8, 4) is 0 Å². The number of rotatable bonds is 6. The van der Waals surface area contributed by atoms with Crippen molar-refractivity contribution in [1.82, 2.24) is 5.32 Å². The predicted molar refractivity (Wildman–Crippen MR) is 77.1 cm³/mol. The van der Waals surface area contributed by atoms with Gasteiger partial charge in [0.05, 0.1) is 24.9 Å². The largest absolute Gasteiger partial charge is 0.377 e. The molecule has 2 rings (SSSR count). The molecule has 0 aliphatic carbocycles. The molecular weight excluding hydrogens is 238 g/mol. The van der Waals surface area contributed by atoms with E-state index in [1.165, 1.54) is 5.56 Å². The molecule has 0 aromatic heterocycles. The van der Waals surface area contributed by atoms with Crippen molar-refractivity contribution < 1.29 is 9.47 Å². The lowest BCUT2D eigenvalue weighted by molar-refractivity contribution is -0.101. The van der Waals surface area contributed by atoms with E-state index >= 15 is 0 Å². The fourth-order valence-corrected chi connectivity index (χ4v) is 2.61. The van der Waals surface area contributed by atoms with Crippen LogP contribution in [0.2, 0.25) is 0 Å². The van der Waals surface area contributed by atoms with Crippen LogP contribution in [0.3, 0.4) is 0 Å². The standard InChI is InChI=1S/C16H25NO2/c1-13-10-16(11-14(2)19-13)18-9-8-17-12-15-6-4-3-5-7-15/h3-7,13-14,16-17H,8-12H2,1-2H3. The van der Waals surface area contributed by atoms with Gasteiger partial charge in [-0.1, -0.05) is 30.3 Å². The van der Waals surface area contributed by atoms with Gasteiger partial charge >= 0.3 is 0 Å². The third kappa shape index (κ3) is 5.31. The number of hydrogen-bond acceptors (Lipinski definition) is 3. The van der Waals surface area contributed by atoms with Crippen LogP contribution in [0.5, 0.6) is 0 Å². The highest BCUT2D eigenvalue weighted by molar-refractivity contribution is 5.14. The molecule has 3 nitrogen and oxygen atoms in total. The monoisotopic (exact) mass is 263 g/mol. The summed E-state index contributed by atoms with van der Waals surface area (Å²) in [6.07, 6.45) is 3.04. The number of nitrogens with one attached hydrogen (secondary N) is 1. The van der Waals surface area contributed by atoms with Crippen molar-refractivity contribution in [2.24, 2.45) is 0 Å². The van der Waals surface area contributed by atoms with Crippen molar-refractivity contribution in [2.45, 2.75) is 51.5 Å². The minimum absolute atomic E-state index is 0.325. The molecule has 1 aliphatic rings. The van der Waals surface area contributed by atoms with E-state index in [0.717, 1.165) is 32.5 Å². The van der Waals surface area contributed by atoms with Gasteiger partial charge in [0, 0.05) is 13.1 Å². The zero-order valence-electron chi connectivity index (χ0n) is 12.0. The molecule has 19 heavy (non-hydrogen) atoms. The molecule has 0 saturated carbocycles. The fraction of sp³-hybridized carbons (Fsp3) is 0.625. The Balaban J connectivity index is 1.57. The Kier molecular flexibility index (Phi) is 5.83. The third-order valence-electron chi connectivity index (χ3n) is 3.46. The Bertz CT molecular complexity index is 345. The highest BCUT2D eigenvalue weighted by atomic mass is 16.5. The van der Waals surface area contributed by atoms with Gasteiger partial charge in [-0.25, -0.2) is 0 Å². The van der Waals surface area contributed by atoms with Gasteiger partial charge in [0.25, 0.3) is 0 Å². The lowest BCUT2D eigenvalue weighted by Gasteiger charge is -2.32. The van der Waals surface area contributed by atoms with Crippen LogP contribution in [0.1, 0.15) is 32.3 Å². The lowest BCUT2D eigenvalue weighted by atomic mass is 10.0. The summed E-state index contributed by atoms with van der Waals surface area (Å²) >= 11 is 0. The second kappa shape index (κ2) is 7.63. The Morgan fingerprint density at radius 2 is 1.84 bits per heavy atom. The summed E-state index contributed by atoms with van der Waals surface area (Å²) in [4.78, 5) is 0. The molecule has 0 radical (unpaired) electrons. The first-order chi connectivity index (χ1) is 9.24. The van der Waals surface area contributed by atoms with Crippen LogP contribution in [0, 0.1) is 0 Å². The maximum absolute atomic E-state index is 5.92. The van der Waals surface area contributed by atoms with E-state index in [0.29, 0.717) is 18.3 Å². The van der Waals surface area contributed by atoms with Crippen LogP contribution in [-0.4, -0.2) is 31.5 Å². The van der Waals surface area contributed by atoms with E-state index in [1.54, 1.807) is 0 Å². The first-order valence-electron chi connectivity index (χ1n) is 7.25. The van der Waals surface area contributed by atoms with Gasteiger partial charge in [-0.15, -0.1) is 0 Å². The van der Waals surface area contributed by atoms with Crippen LogP contribution < -0.4 is 5.32 Å². The van der Waals surface area contributed by atoms with Gasteiger partial charge in [0.15, 0.2) is 0 Å². The van der Waals surface area contributed by atoms with Gasteiger partial charge in [-0.2, -0.15) is 0 Å². The third-order valence-corrected chi connectivity index (χ3v) is 3.46. The van der Waals surface area contributed by atoms with Crippen molar-refractivity contribution in [1.29, 1.82) is 0 Å². The van der Waals surface area contributed by atoms with Crippen molar-refractivity contribution in [3.05, 3.63) is 35.9 Å². The average molecular weight is 263 g/mol. The summed E-state index contributed by atoms with van der Waals surface area (Å²) in [6.45, 7) is 6.83. The summed E-state index contributed by atoms with van der Waals surface area (Å²) < 4.78 is 11.6. The first kappa shape index (κ1) is 14.5. The van der Waals surface area contributed by atoms with Crippen LogP contribution in [0.15, 0.2) is 30.3 Å². The van der Waals surface area contributed by atoms with Crippen molar-refractivity contribution in [2.75, 3.05) is 13.2 Å². The molecule has 106 valence electrons. The Hall–Kier alpha value is -0.900. The van der Waals surface area contributed by atoms with E-state index in [4.69, 9.17) is 9.47 Å². The van der Waals surface area contributed by atoms with E-state index in [1.807, 2.05) is 6.07 Å². The molecule has 0 bridgehead atoms. The second-order valence-electron chi connectivity index (χ2n) is 5.38. The second-order valence-corrected chi connectivity index (χ2v) is 5.38. The summed E-state index contributed by atoms with van der Waals surface area (Å²) in [7, 11) is 0. The van der Waals surface area contributed by atoms with Crippen LogP contribution >= 0.6 is 0 Å². The molecule has 2 unspecified atom stereocenters. The normalized spacial score (nSPS) is 27.4. The molecule has 0 spiro atoms. The maximum atomic E-state index is 5.92. The smallest absolute Gasteiger partial charge is 0.0625 e. The van der Waals surface area contributed by atoms with E-state index in [9.17, 15) is 0 Å². The Morgan fingerprint density at radius 3 is 2.53 bits per heavy atom. The summed E-state index contributed by atoms with van der Waals surface area (Å²) in [5.41, 5.74) is 1.32. The van der Waals surface area contributed by atoms with E-state index < -0.39 is 0 Å². The molecule has 1 fully saturated rings. The molecule has 1 heterocycles. The van der Waals surface area contributed by atoms with Gasteiger partial charge in [-0.05, 0) is 32.3 Å². The number of hydrogen-bond donors (Lipinski definition) is 1.